The highest BCUT2D eigenvalue weighted by Crippen LogP contribution is 2.07. The quantitative estimate of drug-likeness (QED) is 0.760. The molecule has 0 heterocycles. The van der Waals surface area contributed by atoms with Crippen molar-refractivity contribution in [2.45, 2.75) is 38.8 Å². The number of methoxy groups -OCH3 is 1. The number of hydrogen-bond donors (Lipinski definition) is 2. The molecule has 1 atom stereocenters. The number of hydrogen-bond acceptors (Lipinski definition) is 3. The molecule has 0 aliphatic heterocycles. The van der Waals surface area contributed by atoms with Crippen molar-refractivity contribution in [3.63, 3.8) is 0 Å². The second kappa shape index (κ2) is 8.32. The lowest BCUT2D eigenvalue weighted by Crippen LogP contribution is -2.41. The lowest BCUT2D eigenvalue weighted by molar-refractivity contribution is -0.141. The number of nitrogens with one attached hydrogen (secondary N) is 1. The molecule has 5 nitrogen and oxygen atoms in total. The largest absolute Gasteiger partial charge is 0.480 e. The Kier molecular flexibility index (Phi) is 6.73. The summed E-state index contributed by atoms with van der Waals surface area (Å²) < 4.78 is 5.04. The summed E-state index contributed by atoms with van der Waals surface area (Å²) in [7, 11) is 1.61. The van der Waals surface area contributed by atoms with Crippen LogP contribution in [0.25, 0.3) is 0 Å². The van der Waals surface area contributed by atoms with Gasteiger partial charge < -0.3 is 15.2 Å². The third-order valence-electron chi connectivity index (χ3n) is 2.88. The molecular weight excluding hydrogens is 258 g/mol. The molecule has 0 spiro atoms. The summed E-state index contributed by atoms with van der Waals surface area (Å²) in [6.45, 7) is 2.37. The predicted molar refractivity (Wildman–Crippen MR) is 75.3 cm³/mol. The van der Waals surface area contributed by atoms with Crippen molar-refractivity contribution in [1.82, 2.24) is 5.32 Å². The first-order chi connectivity index (χ1) is 9.56. The van der Waals surface area contributed by atoms with Gasteiger partial charge in [-0.3, -0.25) is 4.79 Å². The Balaban J connectivity index is 2.61. The number of aliphatic carboxylic acids is 1. The first-order valence-corrected chi connectivity index (χ1v) is 6.65. The number of ether oxygens (including phenoxy) is 1. The van der Waals surface area contributed by atoms with Crippen LogP contribution in [0.4, 0.5) is 0 Å². The van der Waals surface area contributed by atoms with Crippen LogP contribution in [0.5, 0.6) is 0 Å². The Morgan fingerprint density at radius 3 is 2.65 bits per heavy atom. The summed E-state index contributed by atoms with van der Waals surface area (Å²) in [5.41, 5.74) is 1.83. The fourth-order valence-electron chi connectivity index (χ4n) is 1.97. The molecule has 0 saturated carbocycles. The van der Waals surface area contributed by atoms with E-state index in [2.05, 4.69) is 5.32 Å². The number of carboxylic acid groups (broad SMARTS) is 1. The van der Waals surface area contributed by atoms with E-state index >= 15 is 0 Å². The minimum Gasteiger partial charge on any atom is -0.480 e. The fourth-order valence-corrected chi connectivity index (χ4v) is 1.97. The maximum atomic E-state index is 11.9. The van der Waals surface area contributed by atoms with Crippen molar-refractivity contribution in [2.75, 3.05) is 7.11 Å². The monoisotopic (exact) mass is 279 g/mol. The van der Waals surface area contributed by atoms with Gasteiger partial charge in [0.05, 0.1) is 13.0 Å². The van der Waals surface area contributed by atoms with Gasteiger partial charge in [-0.1, -0.05) is 37.6 Å². The molecule has 20 heavy (non-hydrogen) atoms. The summed E-state index contributed by atoms with van der Waals surface area (Å²) in [5, 5.41) is 11.5. The third kappa shape index (κ3) is 5.40. The molecule has 1 unspecified atom stereocenters. The van der Waals surface area contributed by atoms with Crippen LogP contribution in [0, 0.1) is 0 Å². The summed E-state index contributed by atoms with van der Waals surface area (Å²) >= 11 is 0. The number of carboxylic acids is 1. The summed E-state index contributed by atoms with van der Waals surface area (Å²) in [5.74, 6) is -1.27. The Bertz CT molecular complexity index is 459. The van der Waals surface area contributed by atoms with E-state index in [-0.39, 0.29) is 12.3 Å². The number of benzene rings is 1. The molecule has 1 aromatic rings. The molecule has 1 amide bonds. The van der Waals surface area contributed by atoms with Crippen LogP contribution in [0.15, 0.2) is 24.3 Å². The van der Waals surface area contributed by atoms with Gasteiger partial charge >= 0.3 is 5.97 Å². The summed E-state index contributed by atoms with van der Waals surface area (Å²) in [4.78, 5) is 22.9. The van der Waals surface area contributed by atoms with Crippen molar-refractivity contribution < 1.29 is 19.4 Å². The van der Waals surface area contributed by atoms with Gasteiger partial charge in [-0.2, -0.15) is 0 Å². The van der Waals surface area contributed by atoms with E-state index in [1.807, 2.05) is 31.2 Å². The topological polar surface area (TPSA) is 75.6 Å². The fraction of sp³-hybridized carbons (Fsp3) is 0.467. The second-order valence-corrected chi connectivity index (χ2v) is 4.68. The van der Waals surface area contributed by atoms with Crippen molar-refractivity contribution in [3.8, 4) is 0 Å². The molecule has 0 radical (unpaired) electrons. The average molecular weight is 279 g/mol. The zero-order valence-corrected chi connectivity index (χ0v) is 11.9. The highest BCUT2D eigenvalue weighted by Gasteiger charge is 2.18. The van der Waals surface area contributed by atoms with E-state index in [0.717, 1.165) is 11.1 Å². The van der Waals surface area contributed by atoms with E-state index in [9.17, 15) is 9.59 Å². The first kappa shape index (κ1) is 16.2. The number of carbonyl (C=O) groups is 2. The predicted octanol–water partition coefficient (Wildman–Crippen LogP) is 1.74. The Labute approximate surface area is 118 Å². The van der Waals surface area contributed by atoms with Gasteiger partial charge in [0.15, 0.2) is 0 Å². The molecule has 1 rings (SSSR count). The molecule has 1 aromatic carbocycles. The van der Waals surface area contributed by atoms with Gasteiger partial charge in [-0.15, -0.1) is 0 Å². The minimum absolute atomic E-state index is 0.172. The zero-order valence-electron chi connectivity index (χ0n) is 11.9. The van der Waals surface area contributed by atoms with Crippen molar-refractivity contribution in [1.29, 1.82) is 0 Å². The van der Waals surface area contributed by atoms with E-state index in [0.29, 0.717) is 19.4 Å². The standard InChI is InChI=1S/C15H21NO4/c1-3-5-13(15(18)19)16-14(17)9-11-6-4-7-12(8-11)10-20-2/h4,6-8,13H,3,5,9-10H2,1-2H3,(H,16,17)(H,18,19). The minimum atomic E-state index is -0.992. The molecule has 2 N–H and O–H groups in total. The van der Waals surface area contributed by atoms with Crippen LogP contribution in [-0.2, 0) is 27.4 Å². The molecular formula is C15H21NO4. The summed E-state index contributed by atoms with van der Waals surface area (Å²) in [6, 6.07) is 6.70. The van der Waals surface area contributed by atoms with Crippen LogP contribution < -0.4 is 5.32 Å². The third-order valence-corrected chi connectivity index (χ3v) is 2.88. The van der Waals surface area contributed by atoms with Gasteiger partial charge in [0, 0.05) is 7.11 Å². The average Bonchev–Trinajstić information content (AvgIpc) is 2.38. The van der Waals surface area contributed by atoms with Crippen LogP contribution in [-0.4, -0.2) is 30.1 Å². The smallest absolute Gasteiger partial charge is 0.326 e. The molecule has 0 bridgehead atoms. The molecule has 0 fully saturated rings. The Morgan fingerprint density at radius 2 is 2.05 bits per heavy atom. The van der Waals surface area contributed by atoms with E-state index in [1.54, 1.807) is 7.11 Å². The Hall–Kier alpha value is -1.88. The molecule has 5 heteroatoms. The maximum Gasteiger partial charge on any atom is 0.326 e. The zero-order chi connectivity index (χ0) is 15.0. The first-order valence-electron chi connectivity index (χ1n) is 6.65. The van der Waals surface area contributed by atoms with Crippen LogP contribution in [0.3, 0.4) is 0 Å². The molecule has 110 valence electrons. The molecule has 0 aromatic heterocycles. The van der Waals surface area contributed by atoms with Crippen molar-refractivity contribution in [3.05, 3.63) is 35.4 Å². The normalized spacial score (nSPS) is 11.9. The van der Waals surface area contributed by atoms with Gasteiger partial charge in [-0.25, -0.2) is 4.79 Å². The summed E-state index contributed by atoms with van der Waals surface area (Å²) in [6.07, 6.45) is 1.32. The van der Waals surface area contributed by atoms with E-state index in [4.69, 9.17) is 9.84 Å². The number of rotatable bonds is 8. The van der Waals surface area contributed by atoms with Crippen LogP contribution in [0.2, 0.25) is 0 Å². The highest BCUT2D eigenvalue weighted by atomic mass is 16.5. The van der Waals surface area contributed by atoms with Crippen molar-refractivity contribution in [2.24, 2.45) is 0 Å². The van der Waals surface area contributed by atoms with Crippen LogP contribution in [0.1, 0.15) is 30.9 Å². The highest BCUT2D eigenvalue weighted by molar-refractivity contribution is 5.84. The number of amides is 1. The van der Waals surface area contributed by atoms with Gasteiger partial charge in [0.2, 0.25) is 5.91 Å². The van der Waals surface area contributed by atoms with E-state index < -0.39 is 12.0 Å². The lowest BCUT2D eigenvalue weighted by Gasteiger charge is -2.13. The maximum absolute atomic E-state index is 11.9. The SMILES string of the molecule is CCCC(NC(=O)Cc1cccc(COC)c1)C(=O)O. The lowest BCUT2D eigenvalue weighted by atomic mass is 10.1. The van der Waals surface area contributed by atoms with Gasteiger partial charge in [0.1, 0.15) is 6.04 Å². The molecule has 0 aliphatic carbocycles. The van der Waals surface area contributed by atoms with Gasteiger partial charge in [0.25, 0.3) is 0 Å². The van der Waals surface area contributed by atoms with Crippen molar-refractivity contribution >= 4 is 11.9 Å². The molecule has 0 aliphatic rings. The van der Waals surface area contributed by atoms with Crippen LogP contribution >= 0.6 is 0 Å². The number of carbonyl (C=O) groups excluding carboxylic acids is 1. The Morgan fingerprint density at radius 1 is 1.35 bits per heavy atom. The second-order valence-electron chi connectivity index (χ2n) is 4.68. The van der Waals surface area contributed by atoms with E-state index in [1.165, 1.54) is 0 Å². The van der Waals surface area contributed by atoms with Gasteiger partial charge in [-0.05, 0) is 17.5 Å². The molecule has 0 saturated heterocycles.